The molecule has 0 spiro atoms. The number of aliphatic hydroxyl groups is 4. The Morgan fingerprint density at radius 1 is 1.00 bits per heavy atom. The van der Waals surface area contributed by atoms with Gasteiger partial charge in [0.25, 0.3) is 0 Å². The SMILES string of the molecule is OC[C@H]1OC(SCc2ccccc2)[C@H](O)[C@@H](O)[C@@H]1O. The summed E-state index contributed by atoms with van der Waals surface area (Å²) in [6, 6.07) is 9.67. The molecule has 2 rings (SSSR count). The molecule has 19 heavy (non-hydrogen) atoms. The lowest BCUT2D eigenvalue weighted by atomic mass is 10.0. The third-order valence-corrected chi connectivity index (χ3v) is 4.32. The van der Waals surface area contributed by atoms with E-state index in [-0.39, 0.29) is 0 Å². The van der Waals surface area contributed by atoms with Crippen LogP contribution in [-0.4, -0.2) is 56.9 Å². The van der Waals surface area contributed by atoms with Crippen LogP contribution in [0.4, 0.5) is 0 Å². The first-order chi connectivity index (χ1) is 9.13. The summed E-state index contributed by atoms with van der Waals surface area (Å²) in [5.74, 6) is 0.615. The van der Waals surface area contributed by atoms with Crippen LogP contribution in [-0.2, 0) is 10.5 Å². The Bertz CT molecular complexity index is 386. The molecule has 5 atom stereocenters. The molecule has 1 aliphatic rings. The third kappa shape index (κ3) is 3.47. The van der Waals surface area contributed by atoms with Crippen LogP contribution in [0.5, 0.6) is 0 Å². The van der Waals surface area contributed by atoms with Crippen LogP contribution in [0, 0.1) is 0 Å². The second-order valence-electron chi connectivity index (χ2n) is 4.49. The van der Waals surface area contributed by atoms with Crippen molar-refractivity contribution in [2.45, 2.75) is 35.6 Å². The maximum atomic E-state index is 9.86. The molecule has 106 valence electrons. The van der Waals surface area contributed by atoms with Gasteiger partial charge in [-0.05, 0) is 5.56 Å². The number of ether oxygens (including phenoxy) is 1. The van der Waals surface area contributed by atoms with Crippen molar-refractivity contribution in [3.63, 3.8) is 0 Å². The summed E-state index contributed by atoms with van der Waals surface area (Å²) < 4.78 is 5.41. The van der Waals surface area contributed by atoms with Gasteiger partial charge in [0.05, 0.1) is 6.61 Å². The van der Waals surface area contributed by atoms with Crippen LogP contribution in [0.3, 0.4) is 0 Å². The second-order valence-corrected chi connectivity index (χ2v) is 5.58. The zero-order valence-electron chi connectivity index (χ0n) is 10.3. The largest absolute Gasteiger partial charge is 0.394 e. The van der Waals surface area contributed by atoms with Crippen LogP contribution in [0.1, 0.15) is 5.56 Å². The topological polar surface area (TPSA) is 90.2 Å². The third-order valence-electron chi connectivity index (χ3n) is 3.11. The molecule has 1 aliphatic heterocycles. The Labute approximate surface area is 115 Å². The Hall–Kier alpha value is -0.630. The molecular weight excluding hydrogens is 268 g/mol. The molecule has 1 saturated heterocycles. The van der Waals surface area contributed by atoms with Crippen LogP contribution >= 0.6 is 11.8 Å². The maximum Gasteiger partial charge on any atom is 0.132 e. The number of aliphatic hydroxyl groups excluding tert-OH is 4. The van der Waals surface area contributed by atoms with Crippen molar-refractivity contribution in [3.8, 4) is 0 Å². The second kappa shape index (κ2) is 6.69. The molecule has 0 aromatic heterocycles. The van der Waals surface area contributed by atoms with E-state index in [2.05, 4.69) is 0 Å². The minimum absolute atomic E-state index is 0.395. The summed E-state index contributed by atoms with van der Waals surface area (Å²) in [7, 11) is 0. The van der Waals surface area contributed by atoms with Crippen molar-refractivity contribution in [1.29, 1.82) is 0 Å². The predicted octanol–water partition coefficient (Wildman–Crippen LogP) is -0.280. The minimum Gasteiger partial charge on any atom is -0.394 e. The molecule has 0 aliphatic carbocycles. The first kappa shape index (κ1) is 14.8. The average Bonchev–Trinajstić information content (AvgIpc) is 2.45. The highest BCUT2D eigenvalue weighted by Gasteiger charge is 2.43. The van der Waals surface area contributed by atoms with E-state index in [1.54, 1.807) is 0 Å². The van der Waals surface area contributed by atoms with Crippen molar-refractivity contribution < 1.29 is 25.2 Å². The Morgan fingerprint density at radius 2 is 1.68 bits per heavy atom. The molecular formula is C13H18O5S. The molecule has 1 fully saturated rings. The molecule has 0 saturated carbocycles. The Balaban J connectivity index is 1.95. The molecule has 1 aromatic carbocycles. The predicted molar refractivity (Wildman–Crippen MR) is 71.5 cm³/mol. The zero-order chi connectivity index (χ0) is 13.8. The van der Waals surface area contributed by atoms with Crippen LogP contribution in [0.2, 0.25) is 0 Å². The standard InChI is InChI=1S/C13H18O5S/c14-6-9-10(15)11(16)12(17)13(18-9)19-7-8-4-2-1-3-5-8/h1-5,9-17H,6-7H2/t9-,10-,11+,12-,13?/m1/s1. The van der Waals surface area contributed by atoms with E-state index in [0.29, 0.717) is 5.75 Å². The molecule has 4 N–H and O–H groups in total. The van der Waals surface area contributed by atoms with Gasteiger partial charge in [-0.1, -0.05) is 30.3 Å². The summed E-state index contributed by atoms with van der Waals surface area (Å²) in [6.45, 7) is -0.395. The lowest BCUT2D eigenvalue weighted by molar-refractivity contribution is -0.205. The van der Waals surface area contributed by atoms with Crippen LogP contribution in [0.15, 0.2) is 30.3 Å². The quantitative estimate of drug-likeness (QED) is 0.609. The number of rotatable bonds is 4. The summed E-state index contributed by atoms with van der Waals surface area (Å²) >= 11 is 1.33. The fourth-order valence-electron chi connectivity index (χ4n) is 1.96. The molecule has 0 radical (unpaired) electrons. The van der Waals surface area contributed by atoms with E-state index < -0.39 is 36.5 Å². The smallest absolute Gasteiger partial charge is 0.132 e. The van der Waals surface area contributed by atoms with Gasteiger partial charge >= 0.3 is 0 Å². The highest BCUT2D eigenvalue weighted by atomic mass is 32.2. The molecule has 1 heterocycles. The van der Waals surface area contributed by atoms with Crippen molar-refractivity contribution in [2.75, 3.05) is 6.61 Å². The lowest BCUT2D eigenvalue weighted by Crippen LogP contribution is -2.57. The number of hydrogen-bond acceptors (Lipinski definition) is 6. The normalized spacial score (nSPS) is 35.3. The molecule has 1 unspecified atom stereocenters. The van der Waals surface area contributed by atoms with Crippen LogP contribution in [0.25, 0.3) is 0 Å². The first-order valence-electron chi connectivity index (χ1n) is 6.09. The molecule has 0 bridgehead atoms. The van der Waals surface area contributed by atoms with E-state index in [9.17, 15) is 15.3 Å². The molecule has 0 amide bonds. The van der Waals surface area contributed by atoms with Gasteiger partial charge in [0.1, 0.15) is 29.9 Å². The number of hydrogen-bond donors (Lipinski definition) is 4. The monoisotopic (exact) mass is 286 g/mol. The van der Waals surface area contributed by atoms with Crippen molar-refractivity contribution in [2.24, 2.45) is 0 Å². The number of thioether (sulfide) groups is 1. The summed E-state index contributed by atoms with van der Waals surface area (Å²) in [5.41, 5.74) is 0.403. The average molecular weight is 286 g/mol. The first-order valence-corrected chi connectivity index (χ1v) is 7.14. The van der Waals surface area contributed by atoms with E-state index >= 15 is 0 Å². The molecule has 1 aromatic rings. The Kier molecular flexibility index (Phi) is 5.20. The summed E-state index contributed by atoms with van der Waals surface area (Å²) in [5, 5.41) is 38.3. The van der Waals surface area contributed by atoms with Gasteiger partial charge in [0.2, 0.25) is 0 Å². The van der Waals surface area contributed by atoms with E-state index in [0.717, 1.165) is 5.56 Å². The zero-order valence-corrected chi connectivity index (χ0v) is 11.1. The fraction of sp³-hybridized carbons (Fsp3) is 0.538. The van der Waals surface area contributed by atoms with E-state index in [4.69, 9.17) is 9.84 Å². The summed E-state index contributed by atoms with van der Waals surface area (Å²) in [4.78, 5) is 0. The lowest BCUT2D eigenvalue weighted by Gasteiger charge is -2.39. The molecule has 5 nitrogen and oxygen atoms in total. The van der Waals surface area contributed by atoms with Crippen molar-refractivity contribution in [3.05, 3.63) is 35.9 Å². The van der Waals surface area contributed by atoms with Gasteiger partial charge in [-0.3, -0.25) is 0 Å². The highest BCUT2D eigenvalue weighted by Crippen LogP contribution is 2.30. The number of benzene rings is 1. The maximum absolute atomic E-state index is 9.86. The fourth-order valence-corrected chi connectivity index (χ4v) is 3.09. The van der Waals surface area contributed by atoms with Crippen molar-refractivity contribution in [1.82, 2.24) is 0 Å². The van der Waals surface area contributed by atoms with E-state index in [1.165, 1.54) is 11.8 Å². The van der Waals surface area contributed by atoms with Gasteiger partial charge in [-0.25, -0.2) is 0 Å². The van der Waals surface area contributed by atoms with Gasteiger partial charge in [0.15, 0.2) is 0 Å². The van der Waals surface area contributed by atoms with Gasteiger partial charge in [-0.15, -0.1) is 11.8 Å². The van der Waals surface area contributed by atoms with E-state index in [1.807, 2.05) is 30.3 Å². The highest BCUT2D eigenvalue weighted by molar-refractivity contribution is 7.99. The van der Waals surface area contributed by atoms with Crippen LogP contribution < -0.4 is 0 Å². The summed E-state index contributed by atoms with van der Waals surface area (Å²) in [6.07, 6.45) is -4.62. The van der Waals surface area contributed by atoms with Gasteiger partial charge < -0.3 is 25.2 Å². The Morgan fingerprint density at radius 3 is 2.32 bits per heavy atom. The minimum atomic E-state index is -1.31. The van der Waals surface area contributed by atoms with Gasteiger partial charge in [0, 0.05) is 5.75 Å². The van der Waals surface area contributed by atoms with Crippen molar-refractivity contribution >= 4 is 11.8 Å². The van der Waals surface area contributed by atoms with Gasteiger partial charge in [-0.2, -0.15) is 0 Å². The molecule has 6 heteroatoms.